The lowest BCUT2D eigenvalue weighted by molar-refractivity contribution is -0.361. The lowest BCUT2D eigenvalue weighted by Gasteiger charge is -2.71. The lowest BCUT2D eigenvalue weighted by Crippen LogP contribution is -2.66. The molecule has 5 saturated heterocycles. The summed E-state index contributed by atoms with van der Waals surface area (Å²) in [5.41, 5.74) is -1.02. The molecule has 5 aliphatic carbocycles. The number of carbonyl (C=O) groups is 1. The number of hydrogen-bond donors (Lipinski definition) is 15. The summed E-state index contributed by atoms with van der Waals surface area (Å²) in [7, 11) is 0. The summed E-state index contributed by atoms with van der Waals surface area (Å²) in [4.78, 5) is 15.3. The summed E-state index contributed by atoms with van der Waals surface area (Å²) in [5.74, 6) is -0.206. The summed E-state index contributed by atoms with van der Waals surface area (Å²) < 4.78 is 59.0. The number of carbonyl (C=O) groups excluding carboxylic acids is 1. The number of esters is 1. The summed E-state index contributed by atoms with van der Waals surface area (Å²) in [6.45, 7) is 15.0. The van der Waals surface area contributed by atoms with Crippen molar-refractivity contribution in [1.29, 1.82) is 0 Å². The average Bonchev–Trinajstić information content (AvgIpc) is 0.746. The summed E-state index contributed by atoms with van der Waals surface area (Å²) >= 11 is 0. The average molecular weight is 1220 g/mol. The molecule has 0 radical (unpaired) electrons. The Morgan fingerprint density at radius 1 is 0.553 bits per heavy atom. The van der Waals surface area contributed by atoms with Crippen LogP contribution in [-0.4, -0.2) is 263 Å². The van der Waals surface area contributed by atoms with Crippen LogP contribution >= 0.6 is 0 Å². The number of aliphatic hydroxyl groups is 15. The third-order valence-corrected chi connectivity index (χ3v) is 23.4. The van der Waals surface area contributed by atoms with Gasteiger partial charge in [-0.15, -0.1) is 0 Å². The SMILES string of the molecule is CC1CCC2(C(=O)OC3OC(COC4OC(CO)C(OC5OC(C)C(O)C(O)C5O)C(O)C4O)C(O)C(O)C3O)CCC3(C)C(=CCC4C5(C)CCC(OC6OCC(O)C(OC7OC(CO)C(O)C(O)C7O)C6O)C(C)(C)C5CCC43C)C2C1C. The van der Waals surface area contributed by atoms with Crippen molar-refractivity contribution in [3.63, 3.8) is 0 Å². The van der Waals surface area contributed by atoms with Crippen LogP contribution < -0.4 is 0 Å². The first-order chi connectivity index (χ1) is 39.9. The Kier molecular flexibility index (Phi) is 19.2. The van der Waals surface area contributed by atoms with Gasteiger partial charge in [-0.3, -0.25) is 4.79 Å². The van der Waals surface area contributed by atoms with E-state index in [1.54, 1.807) is 0 Å². The first kappa shape index (κ1) is 66.2. The fourth-order valence-corrected chi connectivity index (χ4v) is 17.8. The summed E-state index contributed by atoms with van der Waals surface area (Å²) in [6.07, 6.45) is -29.9. The molecule has 0 spiro atoms. The van der Waals surface area contributed by atoms with Gasteiger partial charge < -0.3 is 124 Å². The molecule has 26 nitrogen and oxygen atoms in total. The first-order valence-corrected chi connectivity index (χ1v) is 30.7. The largest absolute Gasteiger partial charge is 0.432 e. The maximum Gasteiger partial charge on any atom is 0.315 e. The van der Waals surface area contributed by atoms with Crippen LogP contribution in [0.5, 0.6) is 0 Å². The maximum absolute atomic E-state index is 15.3. The van der Waals surface area contributed by atoms with Crippen LogP contribution in [0.4, 0.5) is 0 Å². The Morgan fingerprint density at radius 3 is 1.81 bits per heavy atom. The molecular formula is C59H96O26. The third kappa shape index (κ3) is 11.0. The zero-order chi connectivity index (χ0) is 61.9. The molecule has 10 rings (SSSR count). The Balaban J connectivity index is 0.814. The molecule has 10 aliphatic rings. The highest BCUT2D eigenvalue weighted by Crippen LogP contribution is 2.76. The standard InChI is InChI=1S/C59H96O26/c1-23-11-16-59(54(75)85-53-44(72)40(68)37(65)30(81-53)22-77-49-45(73)41(69)48(29(20-61)80-49)84-51-42(70)38(66)35(63)25(3)78-51)18-17-57(7)26(34(59)24(23)2)9-10-32-56(6)14-13-33(55(4,5)31(56)12-15-58(32,57)8)82-50-46(74)47(27(62)21-76-50)83-52-43(71)39(67)36(64)28(19-60)79-52/h9,23-25,27-53,60-74H,10-22H2,1-8H3. The second-order valence-electron chi connectivity index (χ2n) is 28.1. The highest BCUT2D eigenvalue weighted by atomic mass is 16.8. The Labute approximate surface area is 494 Å². The molecule has 9 fully saturated rings. The van der Waals surface area contributed by atoms with Crippen molar-refractivity contribution < 1.29 is 129 Å². The van der Waals surface area contributed by atoms with Crippen LogP contribution in [0.25, 0.3) is 0 Å². The van der Waals surface area contributed by atoms with Crippen molar-refractivity contribution in [2.75, 3.05) is 26.4 Å². The van der Waals surface area contributed by atoms with E-state index in [1.807, 2.05) is 0 Å². The van der Waals surface area contributed by atoms with E-state index in [0.29, 0.717) is 25.7 Å². The molecule has 0 aromatic rings. The van der Waals surface area contributed by atoms with E-state index in [9.17, 15) is 76.6 Å². The van der Waals surface area contributed by atoms with Gasteiger partial charge in [0.15, 0.2) is 25.2 Å². The minimum atomic E-state index is -1.89. The van der Waals surface area contributed by atoms with E-state index in [-0.39, 0.29) is 52.4 Å². The van der Waals surface area contributed by atoms with Gasteiger partial charge >= 0.3 is 5.97 Å². The van der Waals surface area contributed by atoms with Gasteiger partial charge in [0.1, 0.15) is 110 Å². The molecule has 0 bridgehead atoms. The molecule has 5 heterocycles. The van der Waals surface area contributed by atoms with Crippen molar-refractivity contribution >= 4 is 5.97 Å². The van der Waals surface area contributed by atoms with Crippen LogP contribution in [0, 0.1) is 56.7 Å². The molecule has 26 heteroatoms. The van der Waals surface area contributed by atoms with Crippen LogP contribution in [0.3, 0.4) is 0 Å². The quantitative estimate of drug-likeness (QED) is 0.0507. The molecule has 0 aromatic carbocycles. The van der Waals surface area contributed by atoms with Gasteiger partial charge in [-0.25, -0.2) is 0 Å². The van der Waals surface area contributed by atoms with Gasteiger partial charge in [-0.2, -0.15) is 0 Å². The maximum atomic E-state index is 15.3. The number of ether oxygens (including phenoxy) is 10. The predicted molar refractivity (Wildman–Crippen MR) is 288 cm³/mol. The minimum absolute atomic E-state index is 0.0329. The van der Waals surface area contributed by atoms with Gasteiger partial charge in [0.2, 0.25) is 6.29 Å². The zero-order valence-electron chi connectivity index (χ0n) is 49.8. The van der Waals surface area contributed by atoms with Crippen molar-refractivity contribution in [2.24, 2.45) is 56.7 Å². The smallest absolute Gasteiger partial charge is 0.315 e. The highest BCUT2D eigenvalue weighted by molar-refractivity contribution is 5.79. The van der Waals surface area contributed by atoms with E-state index in [4.69, 9.17) is 47.4 Å². The summed E-state index contributed by atoms with van der Waals surface area (Å²) in [6, 6.07) is 0. The molecule has 0 amide bonds. The zero-order valence-corrected chi connectivity index (χ0v) is 49.8. The van der Waals surface area contributed by atoms with Crippen molar-refractivity contribution in [2.45, 2.75) is 267 Å². The number of allylic oxidation sites excluding steroid dienone is 2. The topological polar surface area (TPSA) is 413 Å². The molecule has 5 aliphatic heterocycles. The predicted octanol–water partition coefficient (Wildman–Crippen LogP) is -2.69. The van der Waals surface area contributed by atoms with E-state index in [0.717, 1.165) is 32.1 Å². The minimum Gasteiger partial charge on any atom is -0.432 e. The highest BCUT2D eigenvalue weighted by Gasteiger charge is 2.71. The second kappa shape index (κ2) is 24.7. The third-order valence-electron chi connectivity index (χ3n) is 23.4. The molecule has 85 heavy (non-hydrogen) atoms. The van der Waals surface area contributed by atoms with Gasteiger partial charge in [-0.05, 0) is 116 Å². The molecule has 0 aromatic heterocycles. The fourth-order valence-electron chi connectivity index (χ4n) is 17.8. The monoisotopic (exact) mass is 1220 g/mol. The van der Waals surface area contributed by atoms with E-state index < -0.39 is 190 Å². The molecule has 488 valence electrons. The molecular weight excluding hydrogens is 1120 g/mol. The number of hydrogen-bond acceptors (Lipinski definition) is 26. The van der Waals surface area contributed by atoms with Crippen molar-refractivity contribution in [1.82, 2.24) is 0 Å². The normalized spacial score (nSPS) is 55.3. The van der Waals surface area contributed by atoms with Crippen LogP contribution in [0.15, 0.2) is 11.6 Å². The Bertz CT molecular complexity index is 2350. The molecule has 34 atom stereocenters. The number of fused-ring (bicyclic) bond motifs is 7. The lowest BCUT2D eigenvalue weighted by atomic mass is 9.33. The van der Waals surface area contributed by atoms with Crippen molar-refractivity contribution in [3.05, 3.63) is 11.6 Å². The number of rotatable bonds is 13. The van der Waals surface area contributed by atoms with Crippen LogP contribution in [0.2, 0.25) is 0 Å². The van der Waals surface area contributed by atoms with Gasteiger partial charge in [0, 0.05) is 0 Å². The van der Waals surface area contributed by atoms with Gasteiger partial charge in [0.05, 0.1) is 44.1 Å². The van der Waals surface area contributed by atoms with Crippen molar-refractivity contribution in [3.8, 4) is 0 Å². The Hall–Kier alpha value is -1.75. The Morgan fingerprint density at radius 2 is 1.14 bits per heavy atom. The van der Waals surface area contributed by atoms with Crippen LogP contribution in [-0.2, 0) is 52.2 Å². The molecule has 15 N–H and O–H groups in total. The second-order valence-corrected chi connectivity index (χ2v) is 28.1. The first-order valence-electron chi connectivity index (χ1n) is 30.7. The van der Waals surface area contributed by atoms with Gasteiger partial charge in [0.25, 0.3) is 0 Å². The van der Waals surface area contributed by atoms with Gasteiger partial charge in [-0.1, -0.05) is 60.1 Å². The molecule has 34 unspecified atom stereocenters. The summed E-state index contributed by atoms with van der Waals surface area (Å²) in [5, 5.41) is 161. The van der Waals surface area contributed by atoms with E-state index in [2.05, 4.69) is 54.5 Å². The van der Waals surface area contributed by atoms with Crippen LogP contribution in [0.1, 0.15) is 113 Å². The number of aliphatic hydroxyl groups excluding tert-OH is 15. The van der Waals surface area contributed by atoms with E-state index >= 15 is 4.79 Å². The molecule has 4 saturated carbocycles. The van der Waals surface area contributed by atoms with E-state index in [1.165, 1.54) is 12.5 Å². The fraction of sp³-hybridized carbons (Fsp3) is 0.949.